The Balaban J connectivity index is 1.35. The van der Waals surface area contributed by atoms with E-state index in [9.17, 15) is 9.18 Å². The first kappa shape index (κ1) is 23.5. The van der Waals surface area contributed by atoms with Crippen LogP contribution in [0.4, 0.5) is 15.0 Å². The summed E-state index contributed by atoms with van der Waals surface area (Å²) in [5, 5.41) is 6.76. The van der Waals surface area contributed by atoms with Gasteiger partial charge in [0.15, 0.2) is 11.6 Å². The van der Waals surface area contributed by atoms with E-state index >= 15 is 0 Å². The van der Waals surface area contributed by atoms with Crippen LogP contribution in [0.25, 0.3) is 11.1 Å². The van der Waals surface area contributed by atoms with Crippen LogP contribution in [0.2, 0.25) is 0 Å². The van der Waals surface area contributed by atoms with Gasteiger partial charge in [0.25, 0.3) is 0 Å². The number of nitrogens with zero attached hydrogens (tertiary/aromatic N) is 4. The Morgan fingerprint density at radius 3 is 2.64 bits per heavy atom. The molecule has 0 aliphatic carbocycles. The van der Waals surface area contributed by atoms with Crippen molar-refractivity contribution in [3.05, 3.63) is 96.2 Å². The van der Waals surface area contributed by atoms with Gasteiger partial charge in [0.1, 0.15) is 5.82 Å². The number of H-pyrrole nitrogens is 1. The molecule has 36 heavy (non-hydrogen) atoms. The maximum Gasteiger partial charge on any atom is 0.326 e. The molecule has 1 aliphatic rings. The van der Waals surface area contributed by atoms with Gasteiger partial charge in [-0.15, -0.1) is 0 Å². The standard InChI is InChI=1S/C27H26FN5O3/c1-35-25-11-20(7-9-24(25)28)15-32-23(18-36-17-19-5-3-2-4-6-19)16-33(27(32)34)26-10-8-21(12-29-26)22-13-30-31-14-22/h2-14,23H,15-18H2,1H3,(H,30,31). The minimum Gasteiger partial charge on any atom is -0.494 e. The average molecular weight is 488 g/mol. The Morgan fingerprint density at radius 1 is 1.06 bits per heavy atom. The molecule has 184 valence electrons. The summed E-state index contributed by atoms with van der Waals surface area (Å²) in [4.78, 5) is 21.4. The third-order valence-electron chi connectivity index (χ3n) is 6.16. The molecule has 0 spiro atoms. The van der Waals surface area contributed by atoms with E-state index in [0.29, 0.717) is 32.1 Å². The highest BCUT2D eigenvalue weighted by molar-refractivity contribution is 5.93. The minimum atomic E-state index is -0.444. The Bertz CT molecular complexity index is 1300. The van der Waals surface area contributed by atoms with Crippen LogP contribution in [0.3, 0.4) is 0 Å². The minimum absolute atomic E-state index is 0.143. The molecule has 1 aliphatic heterocycles. The van der Waals surface area contributed by atoms with Crippen molar-refractivity contribution in [2.75, 3.05) is 25.2 Å². The summed E-state index contributed by atoms with van der Waals surface area (Å²) in [5.74, 6) is 0.254. The lowest BCUT2D eigenvalue weighted by molar-refractivity contribution is 0.0752. The molecule has 1 fully saturated rings. The van der Waals surface area contributed by atoms with E-state index in [1.807, 2.05) is 42.5 Å². The van der Waals surface area contributed by atoms with E-state index in [1.54, 1.807) is 40.5 Å². The smallest absolute Gasteiger partial charge is 0.326 e. The molecule has 9 heteroatoms. The van der Waals surface area contributed by atoms with Crippen LogP contribution in [-0.2, 0) is 17.9 Å². The number of hydrogen-bond acceptors (Lipinski definition) is 5. The fourth-order valence-corrected chi connectivity index (χ4v) is 4.24. The number of carbonyl (C=O) groups is 1. The number of urea groups is 1. The second-order valence-corrected chi connectivity index (χ2v) is 8.54. The van der Waals surface area contributed by atoms with Crippen LogP contribution in [0.5, 0.6) is 5.75 Å². The quantitative estimate of drug-likeness (QED) is 0.372. The molecule has 0 radical (unpaired) electrons. The lowest BCUT2D eigenvalue weighted by Gasteiger charge is -2.23. The topological polar surface area (TPSA) is 83.6 Å². The molecule has 2 amide bonds. The number of benzene rings is 2. The Kier molecular flexibility index (Phi) is 6.90. The molecular formula is C27H26FN5O3. The summed E-state index contributed by atoms with van der Waals surface area (Å²) in [6.07, 6.45) is 5.23. The number of aromatic amines is 1. The highest BCUT2D eigenvalue weighted by Crippen LogP contribution is 2.28. The van der Waals surface area contributed by atoms with Gasteiger partial charge in [-0.2, -0.15) is 5.10 Å². The second kappa shape index (κ2) is 10.6. The van der Waals surface area contributed by atoms with Gasteiger partial charge in [-0.05, 0) is 35.4 Å². The number of hydrogen-bond donors (Lipinski definition) is 1. The van der Waals surface area contributed by atoms with Crippen molar-refractivity contribution in [2.24, 2.45) is 0 Å². The first-order valence-corrected chi connectivity index (χ1v) is 11.6. The van der Waals surface area contributed by atoms with Crippen LogP contribution >= 0.6 is 0 Å². The number of amides is 2. The van der Waals surface area contributed by atoms with Gasteiger partial charge >= 0.3 is 6.03 Å². The van der Waals surface area contributed by atoms with Gasteiger partial charge < -0.3 is 14.4 Å². The van der Waals surface area contributed by atoms with Crippen molar-refractivity contribution in [1.29, 1.82) is 0 Å². The predicted molar refractivity (Wildman–Crippen MR) is 133 cm³/mol. The van der Waals surface area contributed by atoms with Crippen molar-refractivity contribution >= 4 is 11.8 Å². The van der Waals surface area contributed by atoms with Crippen molar-refractivity contribution in [3.8, 4) is 16.9 Å². The number of anilines is 1. The van der Waals surface area contributed by atoms with Gasteiger partial charge in [0.05, 0.1) is 39.1 Å². The summed E-state index contributed by atoms with van der Waals surface area (Å²) in [6.45, 7) is 1.51. The number of ether oxygens (including phenoxy) is 2. The van der Waals surface area contributed by atoms with Crippen molar-refractivity contribution in [2.45, 2.75) is 19.2 Å². The molecule has 1 saturated heterocycles. The van der Waals surface area contributed by atoms with Crippen molar-refractivity contribution in [3.63, 3.8) is 0 Å². The Morgan fingerprint density at radius 2 is 1.92 bits per heavy atom. The van der Waals surface area contributed by atoms with Gasteiger partial charge in [0.2, 0.25) is 0 Å². The van der Waals surface area contributed by atoms with E-state index in [2.05, 4.69) is 15.2 Å². The van der Waals surface area contributed by atoms with Crippen molar-refractivity contribution < 1.29 is 18.7 Å². The second-order valence-electron chi connectivity index (χ2n) is 8.54. The molecular weight excluding hydrogens is 461 g/mol. The number of aromatic nitrogens is 3. The Labute approximate surface area is 208 Å². The molecule has 3 heterocycles. The third kappa shape index (κ3) is 5.06. The summed E-state index contributed by atoms with van der Waals surface area (Å²) in [5.41, 5.74) is 3.64. The van der Waals surface area contributed by atoms with Crippen LogP contribution in [-0.4, -0.2) is 52.4 Å². The average Bonchev–Trinajstić information content (AvgIpc) is 3.55. The Hall–Kier alpha value is -4.24. The highest BCUT2D eigenvalue weighted by atomic mass is 19.1. The molecule has 0 saturated carbocycles. The predicted octanol–water partition coefficient (Wildman–Crippen LogP) is 4.65. The monoisotopic (exact) mass is 487 g/mol. The molecule has 2 aromatic carbocycles. The molecule has 8 nitrogen and oxygen atoms in total. The summed E-state index contributed by atoms with van der Waals surface area (Å²) >= 11 is 0. The van der Waals surface area contributed by atoms with Gasteiger partial charge in [-0.25, -0.2) is 14.2 Å². The van der Waals surface area contributed by atoms with Gasteiger partial charge in [-0.1, -0.05) is 36.4 Å². The summed E-state index contributed by atoms with van der Waals surface area (Å²) in [7, 11) is 1.42. The van der Waals surface area contributed by atoms with Crippen molar-refractivity contribution in [1.82, 2.24) is 20.1 Å². The van der Waals surface area contributed by atoms with Gasteiger partial charge in [-0.3, -0.25) is 10.00 Å². The van der Waals surface area contributed by atoms with E-state index in [-0.39, 0.29) is 17.8 Å². The zero-order chi connectivity index (χ0) is 24.9. The molecule has 1 N–H and O–H groups in total. The van der Waals surface area contributed by atoms with E-state index in [4.69, 9.17) is 9.47 Å². The summed E-state index contributed by atoms with van der Waals surface area (Å²) in [6, 6.07) is 17.9. The number of nitrogens with one attached hydrogen (secondary N) is 1. The van der Waals surface area contributed by atoms with Crippen LogP contribution in [0.15, 0.2) is 79.3 Å². The largest absolute Gasteiger partial charge is 0.494 e. The number of rotatable bonds is 9. The number of carbonyl (C=O) groups excluding carboxylic acids is 1. The lowest BCUT2D eigenvalue weighted by Crippen LogP contribution is -2.37. The fourth-order valence-electron chi connectivity index (χ4n) is 4.24. The van der Waals surface area contributed by atoms with E-state index in [0.717, 1.165) is 22.3 Å². The zero-order valence-corrected chi connectivity index (χ0v) is 19.8. The zero-order valence-electron chi connectivity index (χ0n) is 19.8. The lowest BCUT2D eigenvalue weighted by atomic mass is 10.1. The first-order valence-electron chi connectivity index (χ1n) is 11.6. The van der Waals surface area contributed by atoms with E-state index < -0.39 is 5.82 Å². The van der Waals surface area contributed by atoms with Crippen LogP contribution < -0.4 is 9.64 Å². The molecule has 1 unspecified atom stereocenters. The molecule has 2 aromatic heterocycles. The summed E-state index contributed by atoms with van der Waals surface area (Å²) < 4.78 is 25.1. The van der Waals surface area contributed by atoms with Crippen LogP contribution in [0.1, 0.15) is 11.1 Å². The molecule has 4 aromatic rings. The molecule has 5 rings (SSSR count). The number of pyridine rings is 1. The van der Waals surface area contributed by atoms with E-state index in [1.165, 1.54) is 13.2 Å². The third-order valence-corrected chi connectivity index (χ3v) is 6.16. The SMILES string of the molecule is COc1cc(CN2C(=O)N(c3ccc(-c4cn[nH]c4)cn3)CC2COCc2ccccc2)ccc1F. The molecule has 0 bridgehead atoms. The number of methoxy groups -OCH3 is 1. The number of halogens is 1. The van der Waals surface area contributed by atoms with Crippen LogP contribution in [0, 0.1) is 5.82 Å². The first-order chi connectivity index (χ1) is 17.6. The molecule has 1 atom stereocenters. The van der Waals surface area contributed by atoms with Gasteiger partial charge in [0, 0.05) is 30.1 Å². The normalized spacial score (nSPS) is 15.5. The highest BCUT2D eigenvalue weighted by Gasteiger charge is 2.38. The maximum absolute atomic E-state index is 13.9. The fraction of sp³-hybridized carbons (Fsp3) is 0.222. The maximum atomic E-state index is 13.9.